The molecule has 0 aromatic rings. The summed E-state index contributed by atoms with van der Waals surface area (Å²) in [6, 6.07) is 0. The summed E-state index contributed by atoms with van der Waals surface area (Å²) < 4.78 is 0.160. The van der Waals surface area contributed by atoms with Crippen molar-refractivity contribution >= 4 is 20.9 Å². The SMILES string of the molecule is CC(C)(C)[C](=O)[Al+2]. The van der Waals surface area contributed by atoms with Crippen LogP contribution in [0.15, 0.2) is 0 Å². The molecular weight excluding hydrogens is 103 g/mol. The summed E-state index contributed by atoms with van der Waals surface area (Å²) in [7, 11) is 0. The van der Waals surface area contributed by atoms with Gasteiger partial charge in [-0.2, -0.15) is 0 Å². The predicted octanol–water partition coefficient (Wildman–Crippen LogP) is 0.728. The molecule has 0 saturated heterocycles. The molecule has 0 aromatic carbocycles. The van der Waals surface area contributed by atoms with E-state index < -0.39 is 0 Å². The maximum atomic E-state index is 10.4. The van der Waals surface area contributed by atoms with Crippen LogP contribution in [0.25, 0.3) is 0 Å². The van der Waals surface area contributed by atoms with Gasteiger partial charge in [0, 0.05) is 0 Å². The second kappa shape index (κ2) is 1.98. The minimum absolute atomic E-state index is 0.160. The molecule has 0 N–H and O–H groups in total. The number of rotatable bonds is 0. The van der Waals surface area contributed by atoms with Crippen LogP contribution in [0.3, 0.4) is 0 Å². The van der Waals surface area contributed by atoms with Crippen LogP contribution in [0.5, 0.6) is 0 Å². The molecule has 0 aliphatic carbocycles. The van der Waals surface area contributed by atoms with Crippen molar-refractivity contribution in [3.05, 3.63) is 0 Å². The van der Waals surface area contributed by atoms with E-state index in [-0.39, 0.29) is 10.1 Å². The van der Waals surface area contributed by atoms with Gasteiger partial charge >= 0.3 is 51.9 Å². The molecule has 0 rings (SSSR count). The average molecular weight is 112 g/mol. The number of carbonyl (C=O) groups excluding carboxylic acids is 1. The van der Waals surface area contributed by atoms with Crippen molar-refractivity contribution in [1.29, 1.82) is 0 Å². The third kappa shape index (κ3) is 2.85. The summed E-state index contributed by atoms with van der Waals surface area (Å²) in [5.74, 6) is 0. The van der Waals surface area contributed by atoms with Crippen molar-refractivity contribution in [2.24, 2.45) is 5.41 Å². The first-order valence-electron chi connectivity index (χ1n) is 2.24. The summed E-state index contributed by atoms with van der Waals surface area (Å²) >= 11 is 2.16. The summed E-state index contributed by atoms with van der Waals surface area (Å²) in [5, 5.41) is 0. The predicted molar refractivity (Wildman–Crippen MR) is 30.2 cm³/mol. The van der Waals surface area contributed by atoms with Gasteiger partial charge in [0.1, 0.15) is 0 Å². The molecule has 0 bridgehead atoms. The van der Waals surface area contributed by atoms with Crippen molar-refractivity contribution < 1.29 is 4.79 Å². The van der Waals surface area contributed by atoms with Crippen molar-refractivity contribution in [2.45, 2.75) is 20.8 Å². The van der Waals surface area contributed by atoms with Crippen LogP contribution in [-0.2, 0) is 4.79 Å². The molecule has 0 atom stereocenters. The molecule has 36 valence electrons. The van der Waals surface area contributed by atoms with E-state index in [2.05, 4.69) is 16.3 Å². The molecule has 0 heterocycles. The normalized spacial score (nSPS) is 11.6. The van der Waals surface area contributed by atoms with E-state index >= 15 is 0 Å². The van der Waals surface area contributed by atoms with Gasteiger partial charge in [-0.25, -0.2) is 0 Å². The van der Waals surface area contributed by atoms with Crippen LogP contribution < -0.4 is 0 Å². The van der Waals surface area contributed by atoms with Crippen molar-refractivity contribution in [3.8, 4) is 0 Å². The first kappa shape index (κ1) is 7.20. The van der Waals surface area contributed by atoms with Crippen LogP contribution in [0.4, 0.5) is 0 Å². The van der Waals surface area contributed by atoms with Gasteiger partial charge in [-0.05, 0) is 0 Å². The molecule has 7 heavy (non-hydrogen) atoms. The van der Waals surface area contributed by atoms with E-state index in [9.17, 15) is 4.79 Å². The Kier molecular flexibility index (Phi) is 2.04. The Bertz CT molecular complexity index is 80.6. The van der Waals surface area contributed by atoms with Crippen LogP contribution in [0.2, 0.25) is 0 Å². The third-order valence-corrected chi connectivity index (χ3v) is 1.61. The molecule has 2 heteroatoms. The van der Waals surface area contributed by atoms with Gasteiger partial charge in [-0.3, -0.25) is 0 Å². The van der Waals surface area contributed by atoms with E-state index in [4.69, 9.17) is 0 Å². The minimum atomic E-state index is -0.176. The van der Waals surface area contributed by atoms with Crippen LogP contribution >= 0.6 is 0 Å². The molecular formula is C5H9AlO+2. The molecule has 0 aromatic heterocycles. The topological polar surface area (TPSA) is 17.1 Å². The molecule has 0 spiro atoms. The van der Waals surface area contributed by atoms with Crippen molar-refractivity contribution in [1.82, 2.24) is 0 Å². The molecule has 0 aliphatic rings. The molecule has 0 aliphatic heterocycles. The van der Waals surface area contributed by atoms with Crippen LogP contribution in [0.1, 0.15) is 20.8 Å². The summed E-state index contributed by atoms with van der Waals surface area (Å²) in [5.41, 5.74) is -0.176. The Morgan fingerprint density at radius 2 is 1.57 bits per heavy atom. The Morgan fingerprint density at radius 3 is 1.57 bits per heavy atom. The number of hydrogen-bond donors (Lipinski definition) is 0. The van der Waals surface area contributed by atoms with Crippen molar-refractivity contribution in [3.63, 3.8) is 0 Å². The monoisotopic (exact) mass is 112 g/mol. The van der Waals surface area contributed by atoms with Gasteiger partial charge in [0.15, 0.2) is 0 Å². The molecule has 0 unspecified atom stereocenters. The Morgan fingerprint density at radius 1 is 1.43 bits per heavy atom. The maximum absolute atomic E-state index is 10.4. The number of carbonyl (C=O) groups is 1. The van der Waals surface area contributed by atoms with Gasteiger partial charge in [0.05, 0.1) is 0 Å². The molecule has 0 fully saturated rings. The molecule has 1 nitrogen and oxygen atoms in total. The Hall–Kier alpha value is 0.202. The van der Waals surface area contributed by atoms with Crippen LogP contribution in [0, 0.1) is 5.41 Å². The second-order valence-electron chi connectivity index (χ2n) is 2.61. The second-order valence-corrected chi connectivity index (χ2v) is 3.14. The summed E-state index contributed by atoms with van der Waals surface area (Å²) in [6.45, 7) is 5.67. The Balaban J connectivity index is 3.79. The fourth-order valence-electron chi connectivity index (χ4n) is 0. The van der Waals surface area contributed by atoms with E-state index in [0.29, 0.717) is 0 Å². The zero-order valence-electron chi connectivity index (χ0n) is 4.99. The first-order chi connectivity index (χ1) is 2.94. The van der Waals surface area contributed by atoms with Gasteiger partial charge in [0.2, 0.25) is 0 Å². The molecule has 0 radical (unpaired) electrons. The fourth-order valence-corrected chi connectivity index (χ4v) is 0. The molecule has 0 saturated carbocycles. The quantitative estimate of drug-likeness (QED) is 0.422. The summed E-state index contributed by atoms with van der Waals surface area (Å²) in [6.07, 6.45) is 0. The Labute approximate surface area is 52.5 Å². The van der Waals surface area contributed by atoms with E-state index in [1.807, 2.05) is 20.8 Å². The third-order valence-electron chi connectivity index (χ3n) is 0.739. The van der Waals surface area contributed by atoms with Crippen molar-refractivity contribution in [2.75, 3.05) is 0 Å². The van der Waals surface area contributed by atoms with E-state index in [1.54, 1.807) is 0 Å². The van der Waals surface area contributed by atoms with Gasteiger partial charge in [0.25, 0.3) is 0 Å². The average Bonchev–Trinajstić information content (AvgIpc) is 1.31. The molecule has 0 amide bonds. The van der Waals surface area contributed by atoms with E-state index in [1.165, 1.54) is 0 Å². The summed E-state index contributed by atoms with van der Waals surface area (Å²) in [4.78, 5) is 10.4. The first-order valence-corrected chi connectivity index (χ1v) is 2.82. The zero-order valence-corrected chi connectivity index (χ0v) is 6.14. The zero-order chi connectivity index (χ0) is 6.08. The van der Waals surface area contributed by atoms with Gasteiger partial charge < -0.3 is 0 Å². The van der Waals surface area contributed by atoms with Crippen LogP contribution in [-0.4, -0.2) is 20.9 Å². The fraction of sp³-hybridized carbons (Fsp3) is 0.800. The standard InChI is InChI=1S/C5H9O.Al/c1-5(2,3)4-6;/h1-3H3;/q;+2. The van der Waals surface area contributed by atoms with Gasteiger partial charge in [-0.15, -0.1) is 0 Å². The van der Waals surface area contributed by atoms with Gasteiger partial charge in [-0.1, -0.05) is 0 Å². The van der Waals surface area contributed by atoms with E-state index in [0.717, 1.165) is 0 Å². The number of hydrogen-bond acceptors (Lipinski definition) is 1.